The van der Waals surface area contributed by atoms with Crippen molar-refractivity contribution in [3.63, 3.8) is 0 Å². The van der Waals surface area contributed by atoms with E-state index in [9.17, 15) is 24.5 Å². The molecule has 1 aliphatic rings. The van der Waals surface area contributed by atoms with Crippen molar-refractivity contribution < 1.29 is 28.8 Å². The Kier molecular flexibility index (Phi) is 8.27. The van der Waals surface area contributed by atoms with Crippen molar-refractivity contribution in [3.05, 3.63) is 96.1 Å². The molecular formula is C26H19ClIN3O7. The summed E-state index contributed by atoms with van der Waals surface area (Å²) in [6.45, 7) is 2.39. The number of nitro benzene ring substituents is 1. The first-order valence-corrected chi connectivity index (χ1v) is 12.6. The van der Waals surface area contributed by atoms with Crippen LogP contribution in [0.4, 0.5) is 16.2 Å². The minimum atomic E-state index is -0.958. The predicted octanol–water partition coefficient (Wildman–Crippen LogP) is 5.50. The van der Waals surface area contributed by atoms with Gasteiger partial charge in [0.1, 0.15) is 12.2 Å². The molecule has 1 aliphatic heterocycles. The summed E-state index contributed by atoms with van der Waals surface area (Å²) in [5, 5.41) is 13.7. The summed E-state index contributed by atoms with van der Waals surface area (Å²) in [6, 6.07) is 14.5. The molecule has 3 aromatic rings. The van der Waals surface area contributed by atoms with Crippen LogP contribution in [0.2, 0.25) is 5.02 Å². The molecule has 194 valence electrons. The normalized spacial score (nSPS) is 14.4. The second-order valence-corrected chi connectivity index (χ2v) is 9.51. The molecule has 0 spiro atoms. The molecule has 0 atom stereocenters. The van der Waals surface area contributed by atoms with Crippen LogP contribution in [0.25, 0.3) is 6.08 Å². The molecule has 1 saturated heterocycles. The van der Waals surface area contributed by atoms with Crippen molar-refractivity contribution in [1.82, 2.24) is 5.32 Å². The zero-order valence-corrected chi connectivity index (χ0v) is 22.7. The number of amides is 4. The zero-order valence-electron chi connectivity index (χ0n) is 19.8. The van der Waals surface area contributed by atoms with Gasteiger partial charge in [0.15, 0.2) is 11.5 Å². The largest absolute Gasteiger partial charge is 0.490 e. The molecule has 10 nitrogen and oxygen atoms in total. The molecule has 38 heavy (non-hydrogen) atoms. The van der Waals surface area contributed by atoms with Crippen molar-refractivity contribution in [2.24, 2.45) is 0 Å². The number of halogens is 2. The molecule has 0 unspecified atom stereocenters. The number of barbiturate groups is 1. The molecule has 3 aromatic carbocycles. The van der Waals surface area contributed by atoms with Crippen molar-refractivity contribution in [3.8, 4) is 11.5 Å². The number of anilines is 1. The fourth-order valence-corrected chi connectivity index (χ4v) is 4.63. The van der Waals surface area contributed by atoms with Crippen LogP contribution in [-0.4, -0.2) is 29.4 Å². The standard InChI is InChI=1S/C26H19ClIN3O7/c1-2-37-22-13-16(12-21(28)23(22)38-14-15-4-3-5-17(27)10-15)11-20-24(32)29-26(34)30(25(20)33)18-6-8-19(9-7-18)31(35)36/h3-13H,2,14H2,1H3,(H,29,32,34)/b20-11+. The van der Waals surface area contributed by atoms with Gasteiger partial charge in [0.25, 0.3) is 17.5 Å². The van der Waals surface area contributed by atoms with Gasteiger partial charge in [-0.15, -0.1) is 0 Å². The van der Waals surface area contributed by atoms with Crippen LogP contribution in [-0.2, 0) is 16.2 Å². The van der Waals surface area contributed by atoms with Gasteiger partial charge >= 0.3 is 6.03 Å². The van der Waals surface area contributed by atoms with Gasteiger partial charge < -0.3 is 9.47 Å². The summed E-state index contributed by atoms with van der Waals surface area (Å²) in [6.07, 6.45) is 1.34. The maximum Gasteiger partial charge on any atom is 0.335 e. The van der Waals surface area contributed by atoms with Gasteiger partial charge in [0.05, 0.1) is 20.8 Å². The van der Waals surface area contributed by atoms with Gasteiger partial charge in [0, 0.05) is 17.2 Å². The molecule has 0 aromatic heterocycles. The number of urea groups is 1. The maximum atomic E-state index is 13.2. The second-order valence-electron chi connectivity index (χ2n) is 7.91. The van der Waals surface area contributed by atoms with E-state index in [0.29, 0.717) is 32.3 Å². The Morgan fingerprint density at radius 3 is 2.47 bits per heavy atom. The average molecular weight is 648 g/mol. The number of rotatable bonds is 8. The fraction of sp³-hybridized carbons (Fsp3) is 0.115. The van der Waals surface area contributed by atoms with E-state index >= 15 is 0 Å². The third kappa shape index (κ3) is 5.94. The number of hydrogen-bond acceptors (Lipinski definition) is 7. The van der Waals surface area contributed by atoms with Crippen LogP contribution in [0.3, 0.4) is 0 Å². The third-order valence-electron chi connectivity index (χ3n) is 5.34. The van der Waals surface area contributed by atoms with Gasteiger partial charge in [-0.1, -0.05) is 23.7 Å². The van der Waals surface area contributed by atoms with Crippen molar-refractivity contribution >= 4 is 69.5 Å². The Balaban J connectivity index is 1.65. The molecule has 4 rings (SSSR count). The number of hydrogen-bond donors (Lipinski definition) is 1. The molecule has 4 amide bonds. The van der Waals surface area contributed by atoms with Gasteiger partial charge in [-0.25, -0.2) is 9.69 Å². The summed E-state index contributed by atoms with van der Waals surface area (Å²) >= 11 is 8.12. The molecule has 0 bridgehead atoms. The number of carbonyl (C=O) groups excluding carboxylic acids is 3. The fourth-order valence-electron chi connectivity index (χ4n) is 3.64. The zero-order chi connectivity index (χ0) is 27.4. The molecule has 0 radical (unpaired) electrons. The first-order chi connectivity index (χ1) is 18.2. The van der Waals surface area contributed by atoms with Crippen LogP contribution in [0.1, 0.15) is 18.1 Å². The summed E-state index contributed by atoms with van der Waals surface area (Å²) in [7, 11) is 0. The van der Waals surface area contributed by atoms with Gasteiger partial charge in [-0.3, -0.25) is 25.0 Å². The minimum Gasteiger partial charge on any atom is -0.490 e. The number of imide groups is 2. The number of nitrogens with one attached hydrogen (secondary N) is 1. The molecule has 1 fully saturated rings. The topological polar surface area (TPSA) is 128 Å². The van der Waals surface area contributed by atoms with Gasteiger partial charge in [-0.2, -0.15) is 0 Å². The number of ether oxygens (including phenoxy) is 2. The van der Waals surface area contributed by atoms with Crippen LogP contribution < -0.4 is 19.7 Å². The highest BCUT2D eigenvalue weighted by molar-refractivity contribution is 14.1. The lowest BCUT2D eigenvalue weighted by atomic mass is 10.1. The Hall–Kier alpha value is -3.97. The number of benzene rings is 3. The third-order valence-corrected chi connectivity index (χ3v) is 6.37. The van der Waals surface area contributed by atoms with Crippen molar-refractivity contribution in [2.45, 2.75) is 13.5 Å². The van der Waals surface area contributed by atoms with E-state index in [-0.39, 0.29) is 23.6 Å². The van der Waals surface area contributed by atoms with E-state index in [2.05, 4.69) is 27.9 Å². The molecular weight excluding hydrogens is 629 g/mol. The lowest BCUT2D eigenvalue weighted by molar-refractivity contribution is -0.384. The summed E-state index contributed by atoms with van der Waals surface area (Å²) < 4.78 is 12.4. The smallest absolute Gasteiger partial charge is 0.335 e. The van der Waals surface area contributed by atoms with Crippen LogP contribution in [0.5, 0.6) is 11.5 Å². The number of nitrogens with zero attached hydrogens (tertiary/aromatic N) is 2. The van der Waals surface area contributed by atoms with Crippen LogP contribution in [0, 0.1) is 13.7 Å². The van der Waals surface area contributed by atoms with E-state index in [0.717, 1.165) is 22.6 Å². The number of non-ortho nitro benzene ring substituents is 1. The predicted molar refractivity (Wildman–Crippen MR) is 148 cm³/mol. The summed E-state index contributed by atoms with van der Waals surface area (Å²) in [4.78, 5) is 49.3. The first kappa shape index (κ1) is 27.1. The van der Waals surface area contributed by atoms with Crippen LogP contribution in [0.15, 0.2) is 66.2 Å². The van der Waals surface area contributed by atoms with Gasteiger partial charge in [0.2, 0.25) is 0 Å². The molecule has 0 aliphatic carbocycles. The Labute approximate surface area is 235 Å². The quantitative estimate of drug-likeness (QED) is 0.113. The SMILES string of the molecule is CCOc1cc(/C=C2\C(=O)NC(=O)N(c3ccc([N+](=O)[O-])cc3)C2=O)cc(I)c1OCc1cccc(Cl)c1. The maximum absolute atomic E-state index is 13.2. The highest BCUT2D eigenvalue weighted by Gasteiger charge is 2.37. The monoisotopic (exact) mass is 647 g/mol. The lowest BCUT2D eigenvalue weighted by Crippen LogP contribution is -2.54. The van der Waals surface area contributed by atoms with Crippen molar-refractivity contribution in [2.75, 3.05) is 11.5 Å². The highest BCUT2D eigenvalue weighted by atomic mass is 127. The van der Waals surface area contributed by atoms with Gasteiger partial charge in [-0.05, 0) is 83.1 Å². The van der Waals surface area contributed by atoms with E-state index in [1.165, 1.54) is 18.2 Å². The minimum absolute atomic E-state index is 0.0749. The van der Waals surface area contributed by atoms with E-state index in [1.807, 2.05) is 19.1 Å². The number of carbonyl (C=O) groups is 3. The van der Waals surface area contributed by atoms with E-state index in [1.54, 1.807) is 24.3 Å². The Bertz CT molecular complexity index is 1470. The second kappa shape index (κ2) is 11.6. The summed E-state index contributed by atoms with van der Waals surface area (Å²) in [5.74, 6) is -0.855. The molecule has 1 N–H and O–H groups in total. The highest BCUT2D eigenvalue weighted by Crippen LogP contribution is 2.36. The van der Waals surface area contributed by atoms with E-state index < -0.39 is 22.8 Å². The lowest BCUT2D eigenvalue weighted by Gasteiger charge is -2.26. The van der Waals surface area contributed by atoms with Crippen LogP contribution >= 0.6 is 34.2 Å². The Morgan fingerprint density at radius 2 is 1.82 bits per heavy atom. The first-order valence-electron chi connectivity index (χ1n) is 11.2. The summed E-state index contributed by atoms with van der Waals surface area (Å²) in [5.41, 5.74) is 0.896. The Morgan fingerprint density at radius 1 is 1.08 bits per heavy atom. The molecule has 12 heteroatoms. The number of nitro groups is 1. The van der Waals surface area contributed by atoms with Crippen molar-refractivity contribution in [1.29, 1.82) is 0 Å². The molecule has 1 heterocycles. The van der Waals surface area contributed by atoms with E-state index in [4.69, 9.17) is 21.1 Å². The molecule has 0 saturated carbocycles. The average Bonchev–Trinajstić information content (AvgIpc) is 2.86.